The summed E-state index contributed by atoms with van der Waals surface area (Å²) in [6.45, 7) is 9.31. The fourth-order valence-corrected chi connectivity index (χ4v) is 4.03. The zero-order valence-corrected chi connectivity index (χ0v) is 21.7. The van der Waals surface area contributed by atoms with Crippen molar-refractivity contribution < 1.29 is 14.2 Å². The van der Waals surface area contributed by atoms with Gasteiger partial charge in [-0.3, -0.25) is 4.99 Å². The number of hydrogen-bond acceptors (Lipinski definition) is 4. The second-order valence-corrected chi connectivity index (χ2v) is 8.55. The number of halogens is 1. The van der Waals surface area contributed by atoms with Crippen molar-refractivity contribution in [3.63, 3.8) is 0 Å². The molecule has 0 amide bonds. The first-order chi connectivity index (χ1) is 14.7. The standard InChI is InChI=1S/C24H39N3O3.HI/c1-19(2)20-7-9-21(10-8-20)29-17-13-26-24(25-3)27-14-11-22(12-15-27)30-18-23-6-4-5-16-28-23;/h7-10,19,22-23H,4-6,11-18H2,1-3H3,(H,25,26);1H. The molecular weight excluding hydrogens is 505 g/mol. The maximum absolute atomic E-state index is 6.12. The second kappa shape index (κ2) is 14.2. The van der Waals surface area contributed by atoms with Crippen LogP contribution in [0, 0.1) is 0 Å². The van der Waals surface area contributed by atoms with E-state index in [0.717, 1.165) is 63.8 Å². The molecule has 6 nitrogen and oxygen atoms in total. The quantitative estimate of drug-likeness (QED) is 0.227. The summed E-state index contributed by atoms with van der Waals surface area (Å²) in [7, 11) is 1.84. The molecule has 0 bridgehead atoms. The number of aliphatic imine (C=N–C) groups is 1. The molecule has 2 heterocycles. The van der Waals surface area contributed by atoms with Gasteiger partial charge in [-0.1, -0.05) is 26.0 Å². The van der Waals surface area contributed by atoms with Crippen molar-refractivity contribution in [1.82, 2.24) is 10.2 Å². The monoisotopic (exact) mass is 545 g/mol. The minimum atomic E-state index is 0. The number of benzene rings is 1. The third-order valence-electron chi connectivity index (χ3n) is 5.95. The van der Waals surface area contributed by atoms with E-state index in [-0.39, 0.29) is 24.0 Å². The van der Waals surface area contributed by atoms with Gasteiger partial charge in [0.15, 0.2) is 5.96 Å². The summed E-state index contributed by atoms with van der Waals surface area (Å²) >= 11 is 0. The first-order valence-corrected chi connectivity index (χ1v) is 11.6. The lowest BCUT2D eigenvalue weighted by Gasteiger charge is -2.35. The number of piperidine rings is 1. The van der Waals surface area contributed by atoms with Crippen molar-refractivity contribution in [2.75, 3.05) is 46.5 Å². The third-order valence-corrected chi connectivity index (χ3v) is 5.95. The van der Waals surface area contributed by atoms with Crippen LogP contribution in [0.2, 0.25) is 0 Å². The van der Waals surface area contributed by atoms with Crippen molar-refractivity contribution in [2.45, 2.75) is 64.1 Å². The molecule has 2 aliphatic heterocycles. The predicted molar refractivity (Wildman–Crippen MR) is 137 cm³/mol. The highest BCUT2D eigenvalue weighted by atomic mass is 127. The van der Waals surface area contributed by atoms with Crippen LogP contribution < -0.4 is 10.1 Å². The van der Waals surface area contributed by atoms with E-state index in [4.69, 9.17) is 14.2 Å². The van der Waals surface area contributed by atoms with Gasteiger partial charge in [0.1, 0.15) is 12.4 Å². The summed E-state index contributed by atoms with van der Waals surface area (Å²) in [6, 6.07) is 8.37. The van der Waals surface area contributed by atoms with E-state index >= 15 is 0 Å². The lowest BCUT2D eigenvalue weighted by molar-refractivity contribution is -0.0721. The largest absolute Gasteiger partial charge is 0.492 e. The molecule has 2 saturated heterocycles. The molecule has 0 spiro atoms. The Hall–Kier alpha value is -1.06. The maximum atomic E-state index is 6.12. The van der Waals surface area contributed by atoms with Crippen molar-refractivity contribution in [2.24, 2.45) is 4.99 Å². The maximum Gasteiger partial charge on any atom is 0.193 e. The summed E-state index contributed by atoms with van der Waals surface area (Å²) in [6.07, 6.45) is 6.30. The second-order valence-electron chi connectivity index (χ2n) is 8.55. The van der Waals surface area contributed by atoms with Crippen LogP contribution in [0.4, 0.5) is 0 Å². The number of nitrogens with one attached hydrogen (secondary N) is 1. The van der Waals surface area contributed by atoms with Gasteiger partial charge in [0.05, 0.1) is 25.4 Å². The van der Waals surface area contributed by atoms with Crippen molar-refractivity contribution in [3.8, 4) is 5.75 Å². The summed E-state index contributed by atoms with van der Waals surface area (Å²) in [5, 5.41) is 3.43. The zero-order chi connectivity index (χ0) is 21.2. The number of guanidine groups is 1. The molecule has 7 heteroatoms. The number of hydrogen-bond donors (Lipinski definition) is 1. The van der Waals surface area contributed by atoms with Crippen LogP contribution in [-0.4, -0.2) is 69.6 Å². The topological polar surface area (TPSA) is 55.3 Å². The molecule has 1 aromatic carbocycles. The Morgan fingerprint density at radius 3 is 2.52 bits per heavy atom. The molecule has 0 radical (unpaired) electrons. The molecule has 31 heavy (non-hydrogen) atoms. The molecule has 1 N–H and O–H groups in total. The van der Waals surface area contributed by atoms with Crippen molar-refractivity contribution >= 4 is 29.9 Å². The van der Waals surface area contributed by atoms with Gasteiger partial charge in [0.2, 0.25) is 0 Å². The van der Waals surface area contributed by atoms with Crippen LogP contribution in [0.3, 0.4) is 0 Å². The van der Waals surface area contributed by atoms with Crippen LogP contribution in [0.15, 0.2) is 29.3 Å². The Balaban J connectivity index is 0.00000341. The Morgan fingerprint density at radius 2 is 1.90 bits per heavy atom. The van der Waals surface area contributed by atoms with E-state index < -0.39 is 0 Å². The van der Waals surface area contributed by atoms with Gasteiger partial charge in [0, 0.05) is 26.7 Å². The molecule has 2 aliphatic rings. The van der Waals surface area contributed by atoms with Crippen LogP contribution >= 0.6 is 24.0 Å². The average Bonchev–Trinajstić information content (AvgIpc) is 2.79. The highest BCUT2D eigenvalue weighted by Crippen LogP contribution is 2.19. The van der Waals surface area contributed by atoms with Gasteiger partial charge < -0.3 is 24.4 Å². The minimum absolute atomic E-state index is 0. The summed E-state index contributed by atoms with van der Waals surface area (Å²) in [4.78, 5) is 6.76. The van der Waals surface area contributed by atoms with Gasteiger partial charge in [-0.05, 0) is 55.7 Å². The normalized spacial score (nSPS) is 20.5. The molecule has 1 unspecified atom stereocenters. The fourth-order valence-electron chi connectivity index (χ4n) is 4.03. The van der Waals surface area contributed by atoms with Crippen LogP contribution in [0.5, 0.6) is 5.75 Å². The first kappa shape index (κ1) is 26.2. The van der Waals surface area contributed by atoms with Gasteiger partial charge in [-0.2, -0.15) is 0 Å². The minimum Gasteiger partial charge on any atom is -0.492 e. The number of likely N-dealkylation sites (tertiary alicyclic amines) is 1. The molecule has 176 valence electrons. The summed E-state index contributed by atoms with van der Waals surface area (Å²) < 4.78 is 17.8. The molecule has 1 atom stereocenters. The van der Waals surface area contributed by atoms with Crippen LogP contribution in [0.1, 0.15) is 57.4 Å². The Morgan fingerprint density at radius 1 is 1.16 bits per heavy atom. The number of rotatable bonds is 8. The summed E-state index contributed by atoms with van der Waals surface area (Å²) in [5.74, 6) is 2.40. The molecule has 1 aromatic rings. The zero-order valence-electron chi connectivity index (χ0n) is 19.3. The lowest BCUT2D eigenvalue weighted by atomic mass is 10.0. The number of nitrogens with zero attached hydrogens (tertiary/aromatic N) is 2. The van der Waals surface area contributed by atoms with E-state index in [2.05, 4.69) is 41.2 Å². The first-order valence-electron chi connectivity index (χ1n) is 11.6. The van der Waals surface area contributed by atoms with E-state index in [9.17, 15) is 0 Å². The van der Waals surface area contributed by atoms with Crippen molar-refractivity contribution in [1.29, 1.82) is 0 Å². The average molecular weight is 546 g/mol. The Labute approximate surface area is 205 Å². The molecule has 3 rings (SSSR count). The summed E-state index contributed by atoms with van der Waals surface area (Å²) in [5.41, 5.74) is 1.33. The van der Waals surface area contributed by atoms with E-state index in [0.29, 0.717) is 24.7 Å². The van der Waals surface area contributed by atoms with E-state index in [1.165, 1.54) is 18.4 Å². The smallest absolute Gasteiger partial charge is 0.193 e. The molecule has 0 aliphatic carbocycles. The van der Waals surface area contributed by atoms with Gasteiger partial charge in [0.25, 0.3) is 0 Å². The highest BCUT2D eigenvalue weighted by Gasteiger charge is 2.23. The predicted octanol–water partition coefficient (Wildman–Crippen LogP) is 4.43. The fraction of sp³-hybridized carbons (Fsp3) is 0.708. The van der Waals surface area contributed by atoms with E-state index in [1.807, 2.05) is 19.2 Å². The van der Waals surface area contributed by atoms with E-state index in [1.54, 1.807) is 0 Å². The highest BCUT2D eigenvalue weighted by molar-refractivity contribution is 14.0. The molecule has 0 saturated carbocycles. The van der Waals surface area contributed by atoms with Crippen LogP contribution in [0.25, 0.3) is 0 Å². The van der Waals surface area contributed by atoms with Gasteiger partial charge in [-0.25, -0.2) is 0 Å². The van der Waals surface area contributed by atoms with Gasteiger partial charge in [-0.15, -0.1) is 24.0 Å². The van der Waals surface area contributed by atoms with Crippen molar-refractivity contribution in [3.05, 3.63) is 29.8 Å². The van der Waals surface area contributed by atoms with Crippen LogP contribution in [-0.2, 0) is 9.47 Å². The SMILES string of the molecule is CN=C(NCCOc1ccc(C(C)C)cc1)N1CCC(OCC2CCCCO2)CC1.I. The lowest BCUT2D eigenvalue weighted by Crippen LogP contribution is -2.48. The third kappa shape index (κ3) is 8.77. The van der Waals surface area contributed by atoms with Gasteiger partial charge >= 0.3 is 0 Å². The Bertz CT molecular complexity index is 640. The molecular formula is C24H40IN3O3. The molecule has 2 fully saturated rings. The molecule has 0 aromatic heterocycles. The number of ether oxygens (including phenoxy) is 3. The Kier molecular flexibility index (Phi) is 12.0.